The minimum atomic E-state index is -0.585. The van der Waals surface area contributed by atoms with Gasteiger partial charge in [-0.2, -0.15) is 25.3 Å². The van der Waals surface area contributed by atoms with E-state index in [1.807, 2.05) is 20.8 Å². The molecule has 6 nitrogen and oxygen atoms in total. The van der Waals surface area contributed by atoms with Gasteiger partial charge in [0.2, 0.25) is 0 Å². The highest BCUT2D eigenvalue weighted by atomic mass is 32.1. The molecule has 0 aromatic carbocycles. The molecule has 1 heterocycles. The Balaban J connectivity index is 3.59. The number of rotatable bonds is 10. The van der Waals surface area contributed by atoms with Crippen LogP contribution in [0.4, 0.5) is 0 Å². The van der Waals surface area contributed by atoms with Gasteiger partial charge in [-0.05, 0) is 25.2 Å². The predicted molar refractivity (Wildman–Crippen MR) is 109 cm³/mol. The Morgan fingerprint density at radius 2 is 1.16 bits per heavy atom. The van der Waals surface area contributed by atoms with Crippen molar-refractivity contribution < 1.29 is 0 Å². The summed E-state index contributed by atoms with van der Waals surface area (Å²) < 4.78 is 3.38. The van der Waals surface area contributed by atoms with E-state index >= 15 is 0 Å². The molecule has 2 unspecified atom stereocenters. The maximum Gasteiger partial charge on any atom is 0.336 e. The zero-order valence-corrected chi connectivity index (χ0v) is 17.0. The Bertz CT molecular complexity index is 701. The van der Waals surface area contributed by atoms with E-state index in [9.17, 15) is 14.4 Å². The van der Waals surface area contributed by atoms with Crippen molar-refractivity contribution >= 4 is 25.3 Å². The first-order chi connectivity index (χ1) is 11.8. The first-order valence-electron chi connectivity index (χ1n) is 8.73. The number of allylic oxidation sites excluding steroid dienone is 1. The van der Waals surface area contributed by atoms with E-state index < -0.39 is 17.1 Å². The summed E-state index contributed by atoms with van der Waals surface area (Å²) in [6.45, 7) is 10.1. The lowest BCUT2D eigenvalue weighted by atomic mass is 10.1. The summed E-state index contributed by atoms with van der Waals surface area (Å²) in [6, 6.07) is 0. The topological polar surface area (TPSA) is 66.0 Å². The zero-order valence-electron chi connectivity index (χ0n) is 15.2. The molecule has 1 rings (SSSR count). The quantitative estimate of drug-likeness (QED) is 0.475. The third-order valence-corrected chi connectivity index (χ3v) is 5.45. The highest BCUT2D eigenvalue weighted by molar-refractivity contribution is 7.81. The van der Waals surface area contributed by atoms with Crippen molar-refractivity contribution in [3.63, 3.8) is 0 Å². The summed E-state index contributed by atoms with van der Waals surface area (Å²) in [4.78, 5) is 38.2. The molecule has 0 fully saturated rings. The lowest BCUT2D eigenvalue weighted by molar-refractivity contribution is 0.402. The first-order valence-corrected chi connectivity index (χ1v) is 9.76. The molecule has 25 heavy (non-hydrogen) atoms. The predicted octanol–water partition coefficient (Wildman–Crippen LogP) is 1.80. The van der Waals surface area contributed by atoms with Crippen molar-refractivity contribution in [3.05, 3.63) is 44.1 Å². The van der Waals surface area contributed by atoms with Crippen molar-refractivity contribution in [2.45, 2.75) is 70.2 Å². The molecule has 0 aliphatic carbocycles. The molecule has 142 valence electrons. The Hall–Kier alpha value is -1.15. The molecule has 1 aromatic rings. The van der Waals surface area contributed by atoms with Crippen LogP contribution >= 0.6 is 25.3 Å². The van der Waals surface area contributed by atoms with Gasteiger partial charge in [-0.25, -0.2) is 28.1 Å². The molecule has 0 aliphatic rings. The molecule has 8 heteroatoms. The van der Waals surface area contributed by atoms with Gasteiger partial charge in [0.15, 0.2) is 0 Å². The van der Waals surface area contributed by atoms with Crippen molar-refractivity contribution in [3.8, 4) is 0 Å². The minimum absolute atomic E-state index is 0.0132. The van der Waals surface area contributed by atoms with E-state index in [0.717, 1.165) is 20.1 Å². The fourth-order valence-corrected chi connectivity index (χ4v) is 2.76. The third kappa shape index (κ3) is 5.41. The van der Waals surface area contributed by atoms with Crippen LogP contribution in [-0.4, -0.2) is 24.2 Å². The average Bonchev–Trinajstić information content (AvgIpc) is 2.62. The Morgan fingerprint density at radius 1 is 0.800 bits per heavy atom. The second kappa shape index (κ2) is 10.1. The molecule has 0 N–H and O–H groups in total. The second-order valence-electron chi connectivity index (χ2n) is 6.21. The molecule has 0 saturated heterocycles. The summed E-state index contributed by atoms with van der Waals surface area (Å²) in [5.74, 6) is -0.0132. The van der Waals surface area contributed by atoms with Gasteiger partial charge in [0.1, 0.15) is 0 Å². The molecular formula is C17H29N3O3S2. The van der Waals surface area contributed by atoms with Crippen LogP contribution in [0.5, 0.6) is 0 Å². The smallest absolute Gasteiger partial charge is 0.247 e. The minimum Gasteiger partial charge on any atom is -0.247 e. The standard InChI is InChI=1S/C17H29N3O3S2/c1-5-12(6-2)9-18-15(21)19(10-13(24)7-3)17(23)20(16(18)22)11-14(25)8-4/h5,12-14,24-25H,1,6-11H2,2-4H3/t12-,13?,14?/m1/s1. The van der Waals surface area contributed by atoms with E-state index in [2.05, 4.69) is 31.8 Å². The Labute approximate surface area is 159 Å². The maximum absolute atomic E-state index is 12.8. The summed E-state index contributed by atoms with van der Waals surface area (Å²) in [5, 5.41) is -0.270. The van der Waals surface area contributed by atoms with Crippen LogP contribution in [-0.2, 0) is 19.6 Å². The van der Waals surface area contributed by atoms with E-state index in [-0.39, 0.29) is 36.1 Å². The summed E-state index contributed by atoms with van der Waals surface area (Å²) in [5.41, 5.74) is -1.74. The van der Waals surface area contributed by atoms with Crippen LogP contribution in [0.25, 0.3) is 0 Å². The van der Waals surface area contributed by atoms with Crippen LogP contribution in [0.1, 0.15) is 40.0 Å². The molecule has 0 spiro atoms. The van der Waals surface area contributed by atoms with Gasteiger partial charge in [-0.15, -0.1) is 6.58 Å². The first kappa shape index (κ1) is 21.9. The number of hydrogen-bond acceptors (Lipinski definition) is 5. The Kier molecular flexibility index (Phi) is 8.85. The summed E-state index contributed by atoms with van der Waals surface area (Å²) in [7, 11) is 0. The van der Waals surface area contributed by atoms with Gasteiger partial charge in [0, 0.05) is 30.1 Å². The number of aromatic nitrogens is 3. The zero-order chi connectivity index (χ0) is 19.1. The number of thiol groups is 2. The van der Waals surface area contributed by atoms with E-state index in [0.29, 0.717) is 12.8 Å². The van der Waals surface area contributed by atoms with Gasteiger partial charge < -0.3 is 0 Å². The van der Waals surface area contributed by atoms with E-state index in [1.54, 1.807) is 6.08 Å². The molecular weight excluding hydrogens is 358 g/mol. The van der Waals surface area contributed by atoms with E-state index in [4.69, 9.17) is 0 Å². The molecule has 0 saturated carbocycles. The Morgan fingerprint density at radius 3 is 1.44 bits per heavy atom. The van der Waals surface area contributed by atoms with Crippen LogP contribution in [0, 0.1) is 5.92 Å². The van der Waals surface area contributed by atoms with Gasteiger partial charge in [0.25, 0.3) is 0 Å². The SMILES string of the molecule is C=C[C@H](CC)Cn1c(=O)n(CC(S)CC)c(=O)n(CC(S)CC)c1=O. The highest BCUT2D eigenvalue weighted by Crippen LogP contribution is 2.06. The van der Waals surface area contributed by atoms with E-state index in [1.165, 1.54) is 0 Å². The number of nitrogens with zero attached hydrogens (tertiary/aromatic N) is 3. The van der Waals surface area contributed by atoms with Gasteiger partial charge in [0.05, 0.1) is 0 Å². The van der Waals surface area contributed by atoms with Crippen molar-refractivity contribution in [1.29, 1.82) is 0 Å². The molecule has 1 aromatic heterocycles. The molecule has 0 amide bonds. The normalized spacial score (nSPS) is 14.9. The van der Waals surface area contributed by atoms with Crippen LogP contribution < -0.4 is 17.1 Å². The van der Waals surface area contributed by atoms with Crippen molar-refractivity contribution in [2.24, 2.45) is 5.92 Å². The van der Waals surface area contributed by atoms with Crippen molar-refractivity contribution in [2.75, 3.05) is 0 Å². The van der Waals surface area contributed by atoms with Crippen molar-refractivity contribution in [1.82, 2.24) is 13.7 Å². The molecule has 0 radical (unpaired) electrons. The largest absolute Gasteiger partial charge is 0.336 e. The fourth-order valence-electron chi connectivity index (χ4n) is 2.44. The van der Waals surface area contributed by atoms with Crippen LogP contribution in [0.15, 0.2) is 27.0 Å². The lowest BCUT2D eigenvalue weighted by Crippen LogP contribution is -2.56. The second-order valence-corrected chi connectivity index (χ2v) is 7.67. The van der Waals surface area contributed by atoms with Crippen LogP contribution in [0.2, 0.25) is 0 Å². The molecule has 3 atom stereocenters. The third-order valence-electron chi connectivity index (χ3n) is 4.39. The highest BCUT2D eigenvalue weighted by Gasteiger charge is 2.19. The van der Waals surface area contributed by atoms with Crippen LogP contribution in [0.3, 0.4) is 0 Å². The van der Waals surface area contributed by atoms with Gasteiger partial charge in [-0.3, -0.25) is 0 Å². The molecule has 0 bridgehead atoms. The fraction of sp³-hybridized carbons (Fsp3) is 0.706. The van der Waals surface area contributed by atoms with Gasteiger partial charge >= 0.3 is 17.1 Å². The lowest BCUT2D eigenvalue weighted by Gasteiger charge is -2.19. The molecule has 0 aliphatic heterocycles. The summed E-state index contributed by atoms with van der Waals surface area (Å²) in [6.07, 6.45) is 3.90. The maximum atomic E-state index is 12.8. The monoisotopic (exact) mass is 387 g/mol. The average molecular weight is 388 g/mol. The summed E-state index contributed by atoms with van der Waals surface area (Å²) >= 11 is 8.80. The number of hydrogen-bond donors (Lipinski definition) is 2. The van der Waals surface area contributed by atoms with Gasteiger partial charge in [-0.1, -0.05) is 26.8 Å².